The molecule has 4 N–H and O–H groups in total. The van der Waals surface area contributed by atoms with E-state index in [9.17, 15) is 4.79 Å². The van der Waals surface area contributed by atoms with E-state index in [4.69, 9.17) is 15.5 Å². The highest BCUT2D eigenvalue weighted by Gasteiger charge is 2.35. The summed E-state index contributed by atoms with van der Waals surface area (Å²) in [5, 5.41) is 16.1. The molecular formula is C23H27N9O2. The van der Waals surface area contributed by atoms with E-state index in [2.05, 4.69) is 60.2 Å². The second kappa shape index (κ2) is 8.47. The number of aryl methyl sites for hydroxylation is 1. The third kappa shape index (κ3) is 4.20. The van der Waals surface area contributed by atoms with Crippen molar-refractivity contribution >= 4 is 29.1 Å². The summed E-state index contributed by atoms with van der Waals surface area (Å²) in [4.78, 5) is 25.8. The van der Waals surface area contributed by atoms with Crippen LogP contribution in [-0.4, -0.2) is 47.8 Å². The summed E-state index contributed by atoms with van der Waals surface area (Å²) in [5.41, 5.74) is 8.91. The van der Waals surface area contributed by atoms with Crippen molar-refractivity contribution in [1.29, 1.82) is 0 Å². The van der Waals surface area contributed by atoms with Gasteiger partial charge in [0.05, 0.1) is 5.71 Å². The fourth-order valence-electron chi connectivity index (χ4n) is 4.72. The number of hydrogen-bond acceptors (Lipinski definition) is 9. The van der Waals surface area contributed by atoms with Gasteiger partial charge in [-0.05, 0) is 63.1 Å². The van der Waals surface area contributed by atoms with Gasteiger partial charge in [-0.25, -0.2) is 9.98 Å². The number of nitrogens with zero attached hydrogens (tertiary/aromatic N) is 6. The first kappa shape index (κ1) is 21.9. The van der Waals surface area contributed by atoms with Crippen molar-refractivity contribution in [2.24, 2.45) is 10.9 Å². The summed E-state index contributed by atoms with van der Waals surface area (Å²) < 4.78 is 6.15. The molecule has 2 aromatic heterocycles. The molecule has 3 heterocycles. The van der Waals surface area contributed by atoms with Gasteiger partial charge in [-0.15, -0.1) is 5.10 Å². The minimum atomic E-state index is -0.661. The molecule has 5 rings (SSSR count). The molecule has 1 amide bonds. The lowest BCUT2D eigenvalue weighted by molar-refractivity contribution is -0.120. The van der Waals surface area contributed by atoms with Crippen molar-refractivity contribution in [3.05, 3.63) is 41.2 Å². The van der Waals surface area contributed by atoms with Crippen LogP contribution in [-0.2, 0) is 4.79 Å². The van der Waals surface area contributed by atoms with Gasteiger partial charge < -0.3 is 10.5 Å². The Labute approximate surface area is 196 Å². The normalized spacial score (nSPS) is 21.2. The van der Waals surface area contributed by atoms with Gasteiger partial charge in [0.1, 0.15) is 11.4 Å². The highest BCUT2D eigenvalue weighted by Crippen LogP contribution is 2.40. The number of rotatable bonds is 4. The van der Waals surface area contributed by atoms with Gasteiger partial charge in [-0.1, -0.05) is 29.4 Å². The van der Waals surface area contributed by atoms with Crippen LogP contribution in [0.15, 0.2) is 29.3 Å². The minimum absolute atomic E-state index is 0.0417. The van der Waals surface area contributed by atoms with Crippen molar-refractivity contribution in [1.82, 2.24) is 30.6 Å². The summed E-state index contributed by atoms with van der Waals surface area (Å²) in [6, 6.07) is 8.43. The van der Waals surface area contributed by atoms with E-state index in [-0.39, 0.29) is 17.8 Å². The molecule has 2 aliphatic rings. The number of amides is 1. The van der Waals surface area contributed by atoms with Crippen LogP contribution in [0.2, 0.25) is 0 Å². The van der Waals surface area contributed by atoms with Gasteiger partial charge in [-0.3, -0.25) is 10.1 Å². The second-order valence-corrected chi connectivity index (χ2v) is 9.28. The number of tetrazole rings is 1. The van der Waals surface area contributed by atoms with Crippen LogP contribution in [0.25, 0.3) is 0 Å². The molecule has 11 nitrogen and oxygen atoms in total. The predicted molar refractivity (Wildman–Crippen MR) is 126 cm³/mol. The number of aliphatic imine (C=N–C) groups is 1. The Kier molecular flexibility index (Phi) is 5.46. The van der Waals surface area contributed by atoms with E-state index >= 15 is 0 Å². The number of carbonyl (C=O) groups excluding carboxylic acids is 1. The van der Waals surface area contributed by atoms with Crippen molar-refractivity contribution in [2.45, 2.75) is 58.0 Å². The largest absolute Gasteiger partial charge is 0.463 e. The quantitative estimate of drug-likeness (QED) is 0.535. The smallest absolute Gasteiger partial charge is 0.269 e. The van der Waals surface area contributed by atoms with Crippen molar-refractivity contribution in [2.75, 3.05) is 11.1 Å². The molecule has 1 aromatic carbocycles. The molecule has 11 heteroatoms. The van der Waals surface area contributed by atoms with Crippen molar-refractivity contribution < 1.29 is 9.53 Å². The first-order valence-corrected chi connectivity index (χ1v) is 11.4. The zero-order valence-electron chi connectivity index (χ0n) is 19.4. The first-order chi connectivity index (χ1) is 16.3. The topological polar surface area (TPSA) is 157 Å². The van der Waals surface area contributed by atoms with Crippen LogP contribution in [0.5, 0.6) is 5.88 Å². The van der Waals surface area contributed by atoms with Crippen LogP contribution in [0.4, 0.5) is 17.5 Å². The van der Waals surface area contributed by atoms with Crippen LogP contribution < -0.4 is 15.8 Å². The number of H-pyrrole nitrogens is 1. The van der Waals surface area contributed by atoms with Gasteiger partial charge in [0, 0.05) is 11.5 Å². The maximum Gasteiger partial charge on any atom is 0.269 e. The first-order valence-electron chi connectivity index (χ1n) is 11.4. The number of anilines is 2. The average Bonchev–Trinajstić information content (AvgIpc) is 3.31. The highest BCUT2D eigenvalue weighted by molar-refractivity contribution is 6.09. The number of benzene rings is 1. The lowest BCUT2D eigenvalue weighted by Gasteiger charge is -2.32. The molecular weight excluding hydrogens is 434 g/mol. The second-order valence-electron chi connectivity index (χ2n) is 9.28. The lowest BCUT2D eigenvalue weighted by Crippen LogP contribution is -2.41. The van der Waals surface area contributed by atoms with Gasteiger partial charge in [0.25, 0.3) is 5.95 Å². The Bertz CT molecular complexity index is 1230. The Hall–Kier alpha value is -3.89. The maximum atomic E-state index is 12.4. The lowest BCUT2D eigenvalue weighted by atomic mass is 9.78. The Morgan fingerprint density at radius 3 is 2.56 bits per heavy atom. The summed E-state index contributed by atoms with van der Waals surface area (Å²) in [7, 11) is 0. The van der Waals surface area contributed by atoms with Gasteiger partial charge >= 0.3 is 0 Å². The van der Waals surface area contributed by atoms with Gasteiger partial charge in [-0.2, -0.15) is 10.2 Å². The molecule has 0 spiro atoms. The molecule has 0 unspecified atom stereocenters. The molecule has 1 aliphatic carbocycles. The third-order valence-corrected chi connectivity index (χ3v) is 6.47. The number of fused-ring (bicyclic) bond motifs is 1. The zero-order chi connectivity index (χ0) is 23.9. The van der Waals surface area contributed by atoms with E-state index in [1.165, 1.54) is 5.56 Å². The van der Waals surface area contributed by atoms with E-state index in [1.807, 2.05) is 13.8 Å². The molecule has 1 aliphatic heterocycles. The predicted octanol–water partition coefficient (Wildman–Crippen LogP) is 3.08. The van der Waals surface area contributed by atoms with Crippen molar-refractivity contribution in [3.8, 4) is 5.88 Å². The van der Waals surface area contributed by atoms with Crippen LogP contribution in [0, 0.1) is 12.8 Å². The third-order valence-electron chi connectivity index (χ3n) is 6.47. The minimum Gasteiger partial charge on any atom is -0.463 e. The standard InChI is InChI=1S/C23H27N9O2/c1-12-25-19(24)17-21(26-12)34-23(2,3)18(27-17)15-8-4-13(5-9-15)14-6-10-16(11-7-14)20(33)28-22-29-31-32-30-22/h4-5,8-9,14,16H,6-7,10-11H2,1-3H3,(H2,24,25,26)(H2,28,29,30,31,32,33). The highest BCUT2D eigenvalue weighted by atomic mass is 16.5. The molecule has 0 atom stereocenters. The summed E-state index contributed by atoms with van der Waals surface area (Å²) in [6.45, 7) is 5.72. The van der Waals surface area contributed by atoms with Crippen molar-refractivity contribution in [3.63, 3.8) is 0 Å². The van der Waals surface area contributed by atoms with Crippen LogP contribution in [0.3, 0.4) is 0 Å². The molecule has 3 aromatic rings. The van der Waals surface area contributed by atoms with Gasteiger partial charge in [0.2, 0.25) is 11.8 Å². The molecule has 0 bridgehead atoms. The monoisotopic (exact) mass is 461 g/mol. The summed E-state index contributed by atoms with van der Waals surface area (Å²) in [6.07, 6.45) is 3.53. The Morgan fingerprint density at radius 2 is 1.88 bits per heavy atom. The summed E-state index contributed by atoms with van der Waals surface area (Å²) >= 11 is 0. The molecule has 0 saturated heterocycles. The maximum absolute atomic E-state index is 12.4. The van der Waals surface area contributed by atoms with Gasteiger partial charge in [0.15, 0.2) is 11.5 Å². The number of aromatic amines is 1. The molecule has 0 radical (unpaired) electrons. The molecule has 176 valence electrons. The molecule has 1 fully saturated rings. The van der Waals surface area contributed by atoms with E-state index in [1.54, 1.807) is 6.92 Å². The Balaban J connectivity index is 1.29. The van der Waals surface area contributed by atoms with E-state index < -0.39 is 5.60 Å². The SMILES string of the molecule is Cc1nc(N)c2c(n1)OC(C)(C)C(c1ccc(C3CCC(C(=O)Nc4nn[nH]n4)CC3)cc1)=N2. The number of nitrogen functional groups attached to an aromatic ring is 1. The number of hydrogen-bond donors (Lipinski definition) is 3. The Morgan fingerprint density at radius 1 is 1.15 bits per heavy atom. The summed E-state index contributed by atoms with van der Waals surface area (Å²) in [5.74, 6) is 1.81. The number of aromatic nitrogens is 6. The fraction of sp³-hybridized carbons (Fsp3) is 0.435. The van der Waals surface area contributed by atoms with E-state index in [0.717, 1.165) is 37.0 Å². The van der Waals surface area contributed by atoms with Crippen LogP contribution >= 0.6 is 0 Å². The van der Waals surface area contributed by atoms with E-state index in [0.29, 0.717) is 29.1 Å². The molecule has 34 heavy (non-hydrogen) atoms. The molecule has 1 saturated carbocycles. The average molecular weight is 462 g/mol. The number of ether oxygens (including phenoxy) is 1. The number of carbonyl (C=O) groups is 1. The zero-order valence-corrected chi connectivity index (χ0v) is 19.4. The fourth-order valence-corrected chi connectivity index (χ4v) is 4.72. The van der Waals surface area contributed by atoms with Crippen LogP contribution in [0.1, 0.15) is 62.4 Å². The number of nitrogens with two attached hydrogens (primary N) is 1. The number of nitrogens with one attached hydrogen (secondary N) is 2.